The van der Waals surface area contributed by atoms with E-state index in [-0.39, 0.29) is 0 Å². The molecule has 6 heteroatoms. The summed E-state index contributed by atoms with van der Waals surface area (Å²) in [4.78, 5) is 9.69. The Hall–Kier alpha value is -1.95. The molecule has 2 aliphatic heterocycles. The molecule has 2 unspecified atom stereocenters. The second kappa shape index (κ2) is 5.78. The van der Waals surface area contributed by atoms with Crippen LogP contribution in [0.5, 0.6) is 0 Å². The standard InChI is InChI=1S/C22H30N6/c1-26-12-21-8-4-5-9-22(21,13-26)15-28(14-21)20-25-24-19(27(20)2)17-11-16(17)18-7-3-6-10-23-18/h3,6-7,10,16-17H,4-5,8-9,11-15H2,1-2H3/t16-,17-,21?,22?/m1/s1. The maximum Gasteiger partial charge on any atom is 0.227 e. The molecule has 4 fully saturated rings. The molecule has 6 nitrogen and oxygen atoms in total. The van der Waals surface area contributed by atoms with Gasteiger partial charge in [0.15, 0.2) is 0 Å². The van der Waals surface area contributed by atoms with Crippen molar-refractivity contribution in [2.24, 2.45) is 17.9 Å². The average Bonchev–Trinajstić information content (AvgIpc) is 3.16. The minimum atomic E-state index is 0.461. The molecule has 4 aliphatic rings. The molecule has 4 heterocycles. The van der Waals surface area contributed by atoms with Gasteiger partial charge < -0.3 is 14.4 Å². The Morgan fingerprint density at radius 2 is 1.68 bits per heavy atom. The maximum absolute atomic E-state index is 4.69. The first-order valence-electron chi connectivity index (χ1n) is 10.8. The lowest BCUT2D eigenvalue weighted by Crippen LogP contribution is -2.42. The van der Waals surface area contributed by atoms with Gasteiger partial charge in [0.25, 0.3) is 0 Å². The zero-order valence-electron chi connectivity index (χ0n) is 17.0. The average molecular weight is 379 g/mol. The van der Waals surface area contributed by atoms with E-state index in [2.05, 4.69) is 55.8 Å². The topological polar surface area (TPSA) is 50.1 Å². The number of nitrogens with zero attached hydrogens (tertiary/aromatic N) is 6. The minimum Gasteiger partial charge on any atom is -0.340 e. The molecule has 2 aromatic rings. The van der Waals surface area contributed by atoms with E-state index in [0.717, 1.165) is 31.3 Å². The number of rotatable bonds is 3. The molecular weight excluding hydrogens is 348 g/mol. The van der Waals surface area contributed by atoms with Crippen LogP contribution >= 0.6 is 0 Å². The largest absolute Gasteiger partial charge is 0.340 e. The number of anilines is 1. The Morgan fingerprint density at radius 1 is 0.929 bits per heavy atom. The van der Waals surface area contributed by atoms with Crippen molar-refractivity contribution in [3.8, 4) is 0 Å². The highest BCUT2D eigenvalue weighted by Gasteiger charge is 2.63. The fourth-order valence-electron chi connectivity index (χ4n) is 6.89. The number of hydrogen-bond donors (Lipinski definition) is 0. The Morgan fingerprint density at radius 3 is 2.36 bits per heavy atom. The number of likely N-dealkylation sites (tertiary alicyclic amines) is 1. The smallest absolute Gasteiger partial charge is 0.227 e. The van der Waals surface area contributed by atoms with Crippen molar-refractivity contribution < 1.29 is 0 Å². The molecule has 2 saturated heterocycles. The van der Waals surface area contributed by atoms with E-state index in [1.165, 1.54) is 44.5 Å². The first kappa shape index (κ1) is 17.0. The Kier molecular flexibility index (Phi) is 3.50. The summed E-state index contributed by atoms with van der Waals surface area (Å²) < 4.78 is 2.28. The molecule has 0 N–H and O–H groups in total. The van der Waals surface area contributed by atoms with Crippen LogP contribution in [0.4, 0.5) is 5.95 Å². The van der Waals surface area contributed by atoms with Gasteiger partial charge in [-0.1, -0.05) is 18.9 Å². The van der Waals surface area contributed by atoms with Gasteiger partial charge in [-0.3, -0.25) is 4.98 Å². The molecule has 0 radical (unpaired) electrons. The lowest BCUT2D eigenvalue weighted by atomic mass is 9.60. The molecule has 148 valence electrons. The predicted octanol–water partition coefficient (Wildman–Crippen LogP) is 2.79. The highest BCUT2D eigenvalue weighted by atomic mass is 15.4. The van der Waals surface area contributed by atoms with Crippen molar-refractivity contribution in [3.63, 3.8) is 0 Å². The number of aromatic nitrogens is 4. The second-order valence-electron chi connectivity index (χ2n) is 9.92. The second-order valence-corrected chi connectivity index (χ2v) is 9.92. The summed E-state index contributed by atoms with van der Waals surface area (Å²) in [5.74, 6) is 3.19. The fourth-order valence-corrected chi connectivity index (χ4v) is 6.89. The van der Waals surface area contributed by atoms with Gasteiger partial charge in [0.2, 0.25) is 5.95 Å². The van der Waals surface area contributed by atoms with E-state index in [0.29, 0.717) is 22.7 Å². The summed E-state index contributed by atoms with van der Waals surface area (Å²) in [6.45, 7) is 4.80. The van der Waals surface area contributed by atoms with Crippen molar-refractivity contribution in [1.82, 2.24) is 24.6 Å². The summed E-state index contributed by atoms with van der Waals surface area (Å²) >= 11 is 0. The normalized spacial score (nSPS) is 37.1. The summed E-state index contributed by atoms with van der Waals surface area (Å²) in [7, 11) is 4.47. The summed E-state index contributed by atoms with van der Waals surface area (Å²) in [5.41, 5.74) is 2.12. The fraction of sp³-hybridized carbons (Fsp3) is 0.682. The molecule has 0 aromatic carbocycles. The third-order valence-electron chi connectivity index (χ3n) is 8.18. The zero-order chi connectivity index (χ0) is 18.9. The van der Waals surface area contributed by atoms with Crippen molar-refractivity contribution >= 4 is 5.95 Å². The summed E-state index contributed by atoms with van der Waals surface area (Å²) in [6, 6.07) is 6.21. The van der Waals surface area contributed by atoms with Crippen molar-refractivity contribution in [2.75, 3.05) is 38.1 Å². The van der Waals surface area contributed by atoms with Gasteiger partial charge >= 0.3 is 0 Å². The molecule has 2 aliphatic carbocycles. The highest BCUT2D eigenvalue weighted by molar-refractivity contribution is 5.40. The van der Waals surface area contributed by atoms with E-state index >= 15 is 0 Å². The van der Waals surface area contributed by atoms with Crippen LogP contribution in [-0.2, 0) is 7.05 Å². The van der Waals surface area contributed by atoms with Crippen molar-refractivity contribution in [3.05, 3.63) is 35.9 Å². The van der Waals surface area contributed by atoms with E-state index < -0.39 is 0 Å². The van der Waals surface area contributed by atoms with Crippen LogP contribution in [0.15, 0.2) is 24.4 Å². The van der Waals surface area contributed by atoms with Crippen molar-refractivity contribution in [2.45, 2.75) is 43.9 Å². The lowest BCUT2D eigenvalue weighted by Gasteiger charge is -2.42. The van der Waals surface area contributed by atoms with Crippen LogP contribution < -0.4 is 4.90 Å². The van der Waals surface area contributed by atoms with Crippen LogP contribution in [-0.4, -0.2) is 57.9 Å². The van der Waals surface area contributed by atoms with Crippen LogP contribution in [0.3, 0.4) is 0 Å². The monoisotopic (exact) mass is 378 g/mol. The summed E-state index contributed by atoms with van der Waals surface area (Å²) in [5, 5.41) is 9.34. The Balaban J connectivity index is 1.26. The van der Waals surface area contributed by atoms with E-state index in [4.69, 9.17) is 0 Å². The maximum atomic E-state index is 4.69. The van der Waals surface area contributed by atoms with E-state index in [9.17, 15) is 0 Å². The van der Waals surface area contributed by atoms with Gasteiger partial charge in [-0.2, -0.15) is 0 Å². The van der Waals surface area contributed by atoms with Crippen LogP contribution in [0, 0.1) is 10.8 Å². The van der Waals surface area contributed by atoms with Gasteiger partial charge in [-0.05, 0) is 38.4 Å². The van der Waals surface area contributed by atoms with Gasteiger partial charge in [-0.25, -0.2) is 0 Å². The minimum absolute atomic E-state index is 0.461. The highest BCUT2D eigenvalue weighted by Crippen LogP contribution is 2.60. The molecule has 2 saturated carbocycles. The van der Waals surface area contributed by atoms with Crippen LogP contribution in [0.25, 0.3) is 0 Å². The number of pyridine rings is 1. The Labute approximate surface area is 167 Å². The molecule has 4 atom stereocenters. The molecule has 28 heavy (non-hydrogen) atoms. The lowest BCUT2D eigenvalue weighted by molar-refractivity contribution is 0.0945. The number of hydrogen-bond acceptors (Lipinski definition) is 5. The molecule has 2 aromatic heterocycles. The Bertz CT molecular complexity index is 870. The van der Waals surface area contributed by atoms with Gasteiger partial charge in [0, 0.05) is 67.8 Å². The first-order chi connectivity index (χ1) is 13.6. The van der Waals surface area contributed by atoms with Crippen molar-refractivity contribution in [1.29, 1.82) is 0 Å². The zero-order valence-corrected chi connectivity index (χ0v) is 17.0. The van der Waals surface area contributed by atoms with Gasteiger partial charge in [-0.15, -0.1) is 10.2 Å². The third-order valence-corrected chi connectivity index (χ3v) is 8.18. The molecule has 0 spiro atoms. The molecule has 6 rings (SSSR count). The van der Waals surface area contributed by atoms with Crippen LogP contribution in [0.1, 0.15) is 55.5 Å². The first-order valence-corrected chi connectivity index (χ1v) is 10.8. The summed E-state index contributed by atoms with van der Waals surface area (Å²) in [6.07, 6.45) is 8.57. The van der Waals surface area contributed by atoms with Crippen LogP contribution in [0.2, 0.25) is 0 Å². The van der Waals surface area contributed by atoms with Gasteiger partial charge in [0.05, 0.1) is 0 Å². The molecular formula is C22H30N6. The quantitative estimate of drug-likeness (QED) is 0.822. The SMILES string of the molecule is CN1CC23CCCCC2(C1)CN(c1nnc([C@@H]2C[C@H]2c2ccccn2)n1C)C3. The molecule has 0 amide bonds. The van der Waals surface area contributed by atoms with E-state index in [1.807, 2.05) is 12.3 Å². The van der Waals surface area contributed by atoms with E-state index in [1.54, 1.807) is 0 Å². The predicted molar refractivity (Wildman–Crippen MR) is 108 cm³/mol. The molecule has 0 bridgehead atoms. The van der Waals surface area contributed by atoms with Gasteiger partial charge in [0.1, 0.15) is 5.82 Å². The third kappa shape index (κ3) is 2.27.